The van der Waals surface area contributed by atoms with Gasteiger partial charge in [-0.15, -0.1) is 0 Å². The topological polar surface area (TPSA) is 23.8 Å². The molecule has 0 saturated carbocycles. The summed E-state index contributed by atoms with van der Waals surface area (Å²) >= 11 is 0. The van der Waals surface area contributed by atoms with E-state index in [1.54, 1.807) is 0 Å². The molecule has 0 saturated heterocycles. The predicted molar refractivity (Wildman–Crippen MR) is 21.5 cm³/mol. The summed E-state index contributed by atoms with van der Waals surface area (Å²) in [5.41, 5.74) is 0. The summed E-state index contributed by atoms with van der Waals surface area (Å²) in [6.45, 7) is 8.67. The van der Waals surface area contributed by atoms with Crippen LogP contribution < -0.4 is 0 Å². The van der Waals surface area contributed by atoms with E-state index in [2.05, 4.69) is 13.2 Å². The summed E-state index contributed by atoms with van der Waals surface area (Å²) in [6, 6.07) is 0. The molecule has 33 heavy (non-hydrogen) atoms. The quantitative estimate of drug-likeness (QED) is 0.342. The van der Waals surface area contributed by atoms with Gasteiger partial charge in [0.25, 0.3) is 0 Å². The zero-order valence-electron chi connectivity index (χ0n) is 16.4. The molecule has 146 valence electrons. The van der Waals surface area contributed by atoms with E-state index in [9.17, 15) is 13.2 Å². The van der Waals surface area contributed by atoms with Crippen molar-refractivity contribution in [3.05, 3.63) is 26.4 Å². The Labute approximate surface area is 793 Å². The standard InChI is InChI=1S/C2H3.CF3.CN.25U/c1-2;2-1(3)4;1-2;;;;;;;;;;;;;;;;;;;;;;;;;/h1H,2H2;;;;;;;;;;;;;;;;;;;;;;;;;;;/q3*-1;;;;;;;;;;;;;;;;;;;;;;;;;+2. The van der Waals surface area contributed by atoms with Crippen LogP contribution in [0.4, 0.5) is 13.2 Å². The maximum absolute atomic E-state index is 9.58. The normalized spacial score (nSPS) is 1.27. The second-order valence-electron chi connectivity index (χ2n) is 0.214. The summed E-state index contributed by atoms with van der Waals surface area (Å²) in [4.78, 5) is 0. The molecule has 0 atom stereocenters. The van der Waals surface area contributed by atoms with Crippen LogP contribution >= 0.6 is 0 Å². The molecule has 0 N–H and O–H groups in total. The molecule has 0 aromatic heterocycles. The number of nitrogens with zero attached hydrogens (tertiary/aromatic N) is 1. The van der Waals surface area contributed by atoms with E-state index in [1.165, 1.54) is 0 Å². The van der Waals surface area contributed by atoms with Gasteiger partial charge in [-0.25, -0.2) is 0 Å². The zero-order chi connectivity index (χ0) is 7.58. The van der Waals surface area contributed by atoms with E-state index >= 15 is 0 Å². The van der Waals surface area contributed by atoms with E-state index in [0.29, 0.717) is 0 Å². The maximum Gasteiger partial charge on any atom is 2.00 e. The first kappa shape index (κ1) is 208. The van der Waals surface area contributed by atoms with Gasteiger partial charge in [-0.2, -0.15) is 0 Å². The summed E-state index contributed by atoms with van der Waals surface area (Å²) in [5, 5.41) is 6.25. The largest absolute Gasteiger partial charge is 2.00 e. The molecular formula is C4H3F3NU25-. The van der Waals surface area contributed by atoms with Gasteiger partial charge in [0.1, 0.15) is 0 Å². The monoisotopic (exact) mass is 6070 g/mol. The van der Waals surface area contributed by atoms with E-state index in [1.807, 2.05) is 0 Å². The molecule has 1 nitrogen and oxygen atoms in total. The van der Waals surface area contributed by atoms with E-state index < -0.39 is 6.68 Å². The summed E-state index contributed by atoms with van der Waals surface area (Å²) in [5.74, 6) is 0. The number of hydrogen-bond acceptors (Lipinski definition) is 1. The van der Waals surface area contributed by atoms with Crippen LogP contribution in [0.5, 0.6) is 0 Å². The Morgan fingerprint density at radius 3 is 0.364 bits per heavy atom. The van der Waals surface area contributed by atoms with Crippen LogP contribution in [-0.2, 0) is 0 Å². The van der Waals surface area contributed by atoms with E-state index in [-0.39, 0.29) is 778 Å². The third-order valence-corrected chi connectivity index (χ3v) is 0. The average Bonchev–Trinajstić information content (AvgIpc) is 1.75. The van der Waals surface area contributed by atoms with Gasteiger partial charge in [0, 0.05) is 747 Å². The van der Waals surface area contributed by atoms with Gasteiger partial charge in [-0.3, -0.25) is 6.58 Å². The summed E-state index contributed by atoms with van der Waals surface area (Å²) in [6.07, 6.45) is 0. The molecule has 0 heterocycles. The van der Waals surface area contributed by atoms with Crippen LogP contribution in [0.25, 0.3) is 0 Å². The molecule has 0 unspecified atom stereocenters. The van der Waals surface area contributed by atoms with Crippen LogP contribution in [0, 0.1) is 803 Å². The summed E-state index contributed by atoms with van der Waals surface area (Å²) in [7, 11) is 0. The smallest absolute Gasteiger partial charge is 0.521 e. The first-order chi connectivity index (χ1) is 3.73. The molecule has 0 spiro atoms. The van der Waals surface area contributed by atoms with Crippen LogP contribution in [0.1, 0.15) is 0 Å². The number of hydrogen-bond donors (Lipinski definition) is 0. The predicted octanol–water partition coefficient (Wildman–Crippen LogP) is 2.04. The van der Waals surface area contributed by atoms with Gasteiger partial charge in [-0.05, 0) is 0 Å². The fraction of sp³-hybridized carbons (Fsp3) is 0. The Bertz CT molecular complexity index is 67.4. The van der Waals surface area contributed by atoms with Gasteiger partial charge < -0.3 is 31.6 Å². The average molecular weight is 6070 g/mol. The first-order valence-electron chi connectivity index (χ1n) is 1.20. The Kier molecular flexibility index (Phi) is 1430. The van der Waals surface area contributed by atoms with Crippen LogP contribution in [0.3, 0.4) is 0 Å². The van der Waals surface area contributed by atoms with Crippen molar-refractivity contribution in [3.8, 4) is 0 Å². The zero-order valence-corrected chi connectivity index (χ0v) is 120. The van der Waals surface area contributed by atoms with Gasteiger partial charge in [0.05, 0.1) is 0 Å². The van der Waals surface area contributed by atoms with E-state index in [4.69, 9.17) is 11.8 Å². The van der Waals surface area contributed by atoms with Gasteiger partial charge in [0.2, 0.25) is 0 Å². The molecular weight excluding hydrogens is 6070 g/mol. The fourth-order valence-electron chi connectivity index (χ4n) is 0. The second kappa shape index (κ2) is 227. The summed E-state index contributed by atoms with van der Waals surface area (Å²) < 4.78 is 28.8. The van der Waals surface area contributed by atoms with Crippen LogP contribution in [0.15, 0.2) is 6.58 Å². The van der Waals surface area contributed by atoms with Crippen molar-refractivity contribution in [1.82, 2.24) is 0 Å². The first-order valence-corrected chi connectivity index (χ1v) is 1.20. The molecule has 29 heteroatoms. The van der Waals surface area contributed by atoms with Crippen molar-refractivity contribution < 1.29 is 791 Å². The van der Waals surface area contributed by atoms with E-state index in [0.717, 1.165) is 0 Å². The Hall–Kier alpha value is 25.3. The third kappa shape index (κ3) is 274. The molecule has 0 aromatic carbocycles. The van der Waals surface area contributed by atoms with Crippen molar-refractivity contribution >= 4 is 0 Å². The Balaban J connectivity index is -0.000000000323. The number of rotatable bonds is 0. The second-order valence-corrected chi connectivity index (χ2v) is 0.214. The molecule has 0 radical (unpaired) electrons. The minimum absolute atomic E-state index is 0. The molecule has 0 rings (SSSR count). The Morgan fingerprint density at radius 1 is 0.364 bits per heavy atom. The van der Waals surface area contributed by atoms with Gasteiger partial charge in [-0.1, -0.05) is 0 Å². The minimum Gasteiger partial charge on any atom is -0.521 e. The molecule has 0 aliphatic heterocycles. The molecule has 0 aliphatic carbocycles. The van der Waals surface area contributed by atoms with Crippen molar-refractivity contribution in [3.63, 3.8) is 0 Å². The van der Waals surface area contributed by atoms with Gasteiger partial charge >= 0.3 is 31.1 Å². The third-order valence-electron chi connectivity index (χ3n) is 0. The maximum atomic E-state index is 9.58. The Morgan fingerprint density at radius 2 is 0.364 bits per heavy atom. The SMILES string of the molecule is F[C-](F)F.[C-]#N.[CH-]=C.[U+2].[U].[U].[U].[U].[U].[U].[U].[U].[U].[U].[U].[U].[U].[U].[U].[U].[U].[U].[U].[U].[U].[U].[U].[U]. The molecule has 0 bridgehead atoms. The minimum atomic E-state index is -3.08. The van der Waals surface area contributed by atoms with Crippen molar-refractivity contribution in [2.24, 2.45) is 0 Å². The van der Waals surface area contributed by atoms with Crippen LogP contribution in [0.2, 0.25) is 0 Å². The van der Waals surface area contributed by atoms with Crippen molar-refractivity contribution in [2.75, 3.05) is 0 Å². The van der Waals surface area contributed by atoms with Crippen molar-refractivity contribution in [2.45, 2.75) is 0 Å². The number of halogens is 3. The van der Waals surface area contributed by atoms with Crippen LogP contribution in [-0.4, -0.2) is 0 Å². The van der Waals surface area contributed by atoms with Crippen molar-refractivity contribution in [1.29, 1.82) is 5.26 Å². The molecule has 0 aromatic rings. The fourth-order valence-corrected chi connectivity index (χ4v) is 0. The molecule has 0 aliphatic rings. The molecule has 0 amide bonds. The van der Waals surface area contributed by atoms with Gasteiger partial charge in [0.15, 0.2) is 6.68 Å². The molecule has 0 fully saturated rings.